The van der Waals surface area contributed by atoms with Gasteiger partial charge in [0.05, 0.1) is 0 Å². The molecule has 1 aromatic heterocycles. The van der Waals surface area contributed by atoms with Crippen molar-refractivity contribution in [2.75, 3.05) is 9.80 Å². The van der Waals surface area contributed by atoms with Gasteiger partial charge in [0.1, 0.15) is 0 Å². The summed E-state index contributed by atoms with van der Waals surface area (Å²) in [6.07, 6.45) is 1.91. The zero-order chi connectivity index (χ0) is 47.3. The molecule has 71 heavy (non-hydrogen) atoms. The summed E-state index contributed by atoms with van der Waals surface area (Å²) in [5.41, 5.74) is 28.7. The van der Waals surface area contributed by atoms with Crippen LogP contribution in [0.3, 0.4) is 0 Å². The van der Waals surface area contributed by atoms with Gasteiger partial charge < -0.3 is 9.80 Å². The summed E-state index contributed by atoms with van der Waals surface area (Å²) >= 11 is 1.90. The molecule has 15 rings (SSSR count). The third-order valence-corrected chi connectivity index (χ3v) is 17.8. The highest BCUT2D eigenvalue weighted by Crippen LogP contribution is 2.54. The molecule has 0 bridgehead atoms. The van der Waals surface area contributed by atoms with Crippen LogP contribution in [0, 0.1) is 0 Å². The van der Waals surface area contributed by atoms with Crippen LogP contribution in [-0.4, -0.2) is 0 Å². The summed E-state index contributed by atoms with van der Waals surface area (Å²) < 4.78 is 2.56. The van der Waals surface area contributed by atoms with Crippen molar-refractivity contribution in [2.24, 2.45) is 0 Å². The van der Waals surface area contributed by atoms with E-state index in [0.717, 1.165) is 18.5 Å². The fraction of sp³-hybridized carbons (Fsp3) is 0.118. The first kappa shape index (κ1) is 40.9. The van der Waals surface area contributed by atoms with Crippen molar-refractivity contribution in [1.29, 1.82) is 0 Å². The first-order valence-electron chi connectivity index (χ1n) is 25.2. The van der Waals surface area contributed by atoms with Crippen molar-refractivity contribution in [3.05, 3.63) is 251 Å². The van der Waals surface area contributed by atoms with Crippen LogP contribution in [0.15, 0.2) is 206 Å². The molecule has 1 heterocycles. The zero-order valence-corrected chi connectivity index (χ0v) is 41.2. The van der Waals surface area contributed by atoms with E-state index in [4.69, 9.17) is 0 Å². The number of hydrogen-bond acceptors (Lipinski definition) is 3. The van der Waals surface area contributed by atoms with Gasteiger partial charge in [-0.25, -0.2) is 0 Å². The summed E-state index contributed by atoms with van der Waals surface area (Å²) in [5, 5.41) is 2.57. The maximum Gasteiger partial charge on any atom is 0.0476 e. The third kappa shape index (κ3) is 5.94. The molecule has 4 aliphatic rings. The molecule has 0 aliphatic heterocycles. The molecule has 2 nitrogen and oxygen atoms in total. The normalized spacial score (nSPS) is 14.6. The van der Waals surface area contributed by atoms with E-state index in [2.05, 4.69) is 244 Å². The number of fused-ring (bicyclic) bond motifs is 15. The van der Waals surface area contributed by atoms with Crippen molar-refractivity contribution in [2.45, 2.75) is 51.4 Å². The Bertz CT molecular complexity index is 3890. The van der Waals surface area contributed by atoms with Crippen molar-refractivity contribution in [3.8, 4) is 44.5 Å². The fourth-order valence-corrected chi connectivity index (χ4v) is 14.3. The molecule has 0 radical (unpaired) electrons. The topological polar surface area (TPSA) is 6.48 Å². The van der Waals surface area contributed by atoms with Crippen molar-refractivity contribution >= 4 is 65.6 Å². The molecule has 0 N–H and O–H groups in total. The number of rotatable bonds is 6. The Kier molecular flexibility index (Phi) is 8.50. The monoisotopic (exact) mass is 926 g/mol. The number of anilines is 6. The summed E-state index contributed by atoms with van der Waals surface area (Å²) in [4.78, 5) is 5.00. The Hall–Kier alpha value is -7.98. The van der Waals surface area contributed by atoms with E-state index < -0.39 is 0 Å². The van der Waals surface area contributed by atoms with Gasteiger partial charge >= 0.3 is 0 Å². The minimum atomic E-state index is -0.119. The SMILES string of the molecule is CC1(C)c2ccccc2-c2ccc(N(c3ccc4c(c3)C(C)(C)c3ccccc3-4)c3ccc4c(c3)sc3cc(N(c5ccc6c(c5)Cc5ccccc5-6)c5ccc6c(c5)Cc5ccccc5-6)ccc34)cc21. The van der Waals surface area contributed by atoms with Gasteiger partial charge in [0, 0.05) is 65.1 Å². The van der Waals surface area contributed by atoms with E-state index in [-0.39, 0.29) is 10.8 Å². The Balaban J connectivity index is 0.869. The largest absolute Gasteiger partial charge is 0.310 e. The van der Waals surface area contributed by atoms with Gasteiger partial charge in [0.2, 0.25) is 0 Å². The minimum Gasteiger partial charge on any atom is -0.310 e. The first-order valence-corrected chi connectivity index (χ1v) is 26.0. The molecule has 4 aliphatic carbocycles. The van der Waals surface area contributed by atoms with Crippen LogP contribution in [0.4, 0.5) is 34.1 Å². The second-order valence-corrected chi connectivity index (χ2v) is 22.4. The number of hydrogen-bond donors (Lipinski definition) is 0. The van der Waals surface area contributed by atoms with E-state index >= 15 is 0 Å². The molecule has 338 valence electrons. The van der Waals surface area contributed by atoms with E-state index in [1.807, 2.05) is 11.3 Å². The molecular formula is C68H50N2S. The molecule has 0 unspecified atom stereocenters. The van der Waals surface area contributed by atoms with Gasteiger partial charge in [-0.3, -0.25) is 0 Å². The standard InChI is InChI=1S/C68H50N2S/c1-67(2)61-19-11-9-17-55(61)57-29-23-47(37-63(57)67)70(48-24-30-58-56-18-10-12-20-62(56)68(3,4)64(58)38-48)50-26-32-60-59-31-25-49(39-65(59)71-66(60)40-50)69(45-21-27-53-43(35-45)33-41-13-5-7-15-51(41)53)46-22-28-54-44(36-46)34-42-14-6-8-16-52(42)54/h5-32,35-40H,33-34H2,1-4H3. The van der Waals surface area contributed by atoms with Gasteiger partial charge in [-0.2, -0.15) is 0 Å². The maximum absolute atomic E-state index is 2.51. The van der Waals surface area contributed by atoms with Gasteiger partial charge in [-0.1, -0.05) is 161 Å². The zero-order valence-electron chi connectivity index (χ0n) is 40.3. The Morgan fingerprint density at radius 3 is 1.07 bits per heavy atom. The average molecular weight is 927 g/mol. The highest BCUT2D eigenvalue weighted by Gasteiger charge is 2.38. The molecule has 11 aromatic rings. The molecule has 0 saturated heterocycles. The quantitative estimate of drug-likeness (QED) is 0.164. The first-order chi connectivity index (χ1) is 34.7. The van der Waals surface area contributed by atoms with Crippen molar-refractivity contribution in [3.63, 3.8) is 0 Å². The van der Waals surface area contributed by atoms with Gasteiger partial charge in [0.25, 0.3) is 0 Å². The van der Waals surface area contributed by atoms with Crippen LogP contribution in [0.5, 0.6) is 0 Å². The van der Waals surface area contributed by atoms with Crippen LogP contribution in [0.2, 0.25) is 0 Å². The highest BCUT2D eigenvalue weighted by atomic mass is 32.1. The summed E-state index contributed by atoms with van der Waals surface area (Å²) in [7, 11) is 0. The lowest BCUT2D eigenvalue weighted by Gasteiger charge is -2.29. The Morgan fingerprint density at radius 1 is 0.296 bits per heavy atom. The molecule has 3 heteroatoms. The number of thiophene rings is 1. The Labute approximate surface area is 419 Å². The van der Waals surface area contributed by atoms with Gasteiger partial charge in [-0.05, 0) is 175 Å². The van der Waals surface area contributed by atoms with Crippen LogP contribution in [0.25, 0.3) is 64.7 Å². The molecule has 0 atom stereocenters. The molecule has 0 fully saturated rings. The molecule has 10 aromatic carbocycles. The van der Waals surface area contributed by atoms with E-state index in [1.54, 1.807) is 0 Å². The average Bonchev–Trinajstić information content (AvgIpc) is 4.17. The van der Waals surface area contributed by atoms with Crippen LogP contribution in [0.1, 0.15) is 72.2 Å². The molecule has 0 saturated carbocycles. The van der Waals surface area contributed by atoms with Crippen molar-refractivity contribution in [1.82, 2.24) is 0 Å². The van der Waals surface area contributed by atoms with Crippen molar-refractivity contribution < 1.29 is 0 Å². The summed E-state index contributed by atoms with van der Waals surface area (Å²) in [6, 6.07) is 78.5. The van der Waals surface area contributed by atoms with E-state index in [9.17, 15) is 0 Å². The second kappa shape index (κ2) is 14.8. The lowest BCUT2D eigenvalue weighted by atomic mass is 9.82. The Morgan fingerprint density at radius 2 is 0.620 bits per heavy atom. The smallest absolute Gasteiger partial charge is 0.0476 e. The third-order valence-electron chi connectivity index (χ3n) is 16.7. The highest BCUT2D eigenvalue weighted by molar-refractivity contribution is 7.25. The number of benzene rings is 10. The predicted molar refractivity (Wildman–Crippen MR) is 300 cm³/mol. The molecule has 0 spiro atoms. The lowest BCUT2D eigenvalue weighted by molar-refractivity contribution is 0.660. The molecular weight excluding hydrogens is 877 g/mol. The second-order valence-electron chi connectivity index (χ2n) is 21.3. The van der Waals surface area contributed by atoms with Gasteiger partial charge in [-0.15, -0.1) is 11.3 Å². The minimum absolute atomic E-state index is 0.119. The summed E-state index contributed by atoms with van der Waals surface area (Å²) in [6.45, 7) is 9.53. The lowest BCUT2D eigenvalue weighted by Crippen LogP contribution is -2.18. The fourth-order valence-electron chi connectivity index (χ4n) is 13.1. The van der Waals surface area contributed by atoms with Crippen LogP contribution < -0.4 is 9.80 Å². The van der Waals surface area contributed by atoms with Gasteiger partial charge in [0.15, 0.2) is 0 Å². The predicted octanol–water partition coefficient (Wildman–Crippen LogP) is 18.7. The molecule has 0 amide bonds. The van der Waals surface area contributed by atoms with Crippen LogP contribution >= 0.6 is 11.3 Å². The van der Waals surface area contributed by atoms with E-state index in [0.29, 0.717) is 0 Å². The maximum atomic E-state index is 2.51. The van der Waals surface area contributed by atoms with E-state index in [1.165, 1.54) is 138 Å². The summed E-state index contributed by atoms with van der Waals surface area (Å²) in [5.74, 6) is 0. The van der Waals surface area contributed by atoms with Crippen LogP contribution in [-0.2, 0) is 23.7 Å². The number of nitrogens with zero attached hydrogens (tertiary/aromatic N) is 2.